The Kier molecular flexibility index (Phi) is 4.39. The predicted octanol–water partition coefficient (Wildman–Crippen LogP) is 2.31. The molecule has 25 heavy (non-hydrogen) atoms. The van der Waals surface area contributed by atoms with E-state index in [0.29, 0.717) is 11.8 Å². The molecule has 4 rings (SSSR count). The number of hydrogen-bond donors (Lipinski definition) is 1. The number of para-hydroxylation sites is 1. The molecule has 0 unspecified atom stereocenters. The van der Waals surface area contributed by atoms with Crippen LogP contribution in [0.2, 0.25) is 0 Å². The van der Waals surface area contributed by atoms with Crippen molar-refractivity contribution in [1.82, 2.24) is 25.1 Å². The molecule has 0 atom stereocenters. The third-order valence-corrected chi connectivity index (χ3v) is 4.55. The number of fused-ring (bicyclic) bond motifs is 1. The molecule has 1 N–H and O–H groups in total. The number of nitrogens with zero attached hydrogens (tertiary/aromatic N) is 6. The normalized spacial score (nSPS) is 15.5. The van der Waals surface area contributed by atoms with E-state index in [4.69, 9.17) is 0 Å². The summed E-state index contributed by atoms with van der Waals surface area (Å²) in [6.45, 7) is 7.19. The zero-order valence-electron chi connectivity index (χ0n) is 14.3. The van der Waals surface area contributed by atoms with Gasteiger partial charge >= 0.3 is 0 Å². The van der Waals surface area contributed by atoms with Crippen LogP contribution < -0.4 is 10.2 Å². The number of piperazine rings is 1. The highest BCUT2D eigenvalue weighted by Crippen LogP contribution is 2.24. The van der Waals surface area contributed by atoms with Crippen LogP contribution in [0.4, 0.5) is 17.5 Å². The highest BCUT2D eigenvalue weighted by Gasteiger charge is 2.18. The van der Waals surface area contributed by atoms with E-state index in [1.807, 2.05) is 30.3 Å². The minimum atomic E-state index is 0.675. The molecule has 128 valence electrons. The summed E-state index contributed by atoms with van der Waals surface area (Å²) in [7, 11) is 0. The lowest BCUT2D eigenvalue weighted by Crippen LogP contribution is -2.46. The Morgan fingerprint density at radius 2 is 1.92 bits per heavy atom. The maximum absolute atomic E-state index is 4.64. The third kappa shape index (κ3) is 3.36. The van der Waals surface area contributed by atoms with E-state index in [0.717, 1.165) is 49.3 Å². The van der Waals surface area contributed by atoms with Crippen LogP contribution in [0.3, 0.4) is 0 Å². The molecule has 0 bridgehead atoms. The van der Waals surface area contributed by atoms with Crippen molar-refractivity contribution < 1.29 is 0 Å². The Balaban J connectivity index is 1.55. The second-order valence-corrected chi connectivity index (χ2v) is 6.07. The van der Waals surface area contributed by atoms with Gasteiger partial charge in [0.2, 0.25) is 5.95 Å². The first-order valence-electron chi connectivity index (χ1n) is 8.61. The molecule has 1 aromatic carbocycles. The van der Waals surface area contributed by atoms with Gasteiger partial charge in [0.1, 0.15) is 0 Å². The average molecular weight is 335 g/mol. The summed E-state index contributed by atoms with van der Waals surface area (Å²) in [6.07, 6.45) is 3.44. The highest BCUT2D eigenvalue weighted by molar-refractivity contribution is 5.91. The van der Waals surface area contributed by atoms with E-state index in [-0.39, 0.29) is 0 Å². The molecule has 1 saturated heterocycles. The quantitative estimate of drug-likeness (QED) is 0.784. The van der Waals surface area contributed by atoms with Crippen LogP contribution in [0.25, 0.3) is 10.9 Å². The van der Waals surface area contributed by atoms with Crippen LogP contribution in [-0.2, 0) is 0 Å². The van der Waals surface area contributed by atoms with Gasteiger partial charge in [-0.2, -0.15) is 10.1 Å². The third-order valence-electron chi connectivity index (χ3n) is 4.55. The highest BCUT2D eigenvalue weighted by atomic mass is 15.4. The minimum absolute atomic E-state index is 0.675. The molecule has 1 aliphatic heterocycles. The number of aromatic nitrogens is 4. The fourth-order valence-electron chi connectivity index (χ4n) is 3.10. The number of likely N-dealkylation sites (N-methyl/N-ethyl adjacent to an activating group) is 1. The molecule has 0 spiro atoms. The van der Waals surface area contributed by atoms with Gasteiger partial charge in [-0.1, -0.05) is 25.1 Å². The first-order chi connectivity index (χ1) is 12.3. The van der Waals surface area contributed by atoms with E-state index in [2.05, 4.69) is 42.2 Å². The predicted molar refractivity (Wildman–Crippen MR) is 99.2 cm³/mol. The molecule has 1 aliphatic rings. The topological polar surface area (TPSA) is 70.1 Å². The van der Waals surface area contributed by atoms with Crippen molar-refractivity contribution in [3.63, 3.8) is 0 Å². The van der Waals surface area contributed by atoms with Gasteiger partial charge in [0, 0.05) is 37.8 Å². The largest absolute Gasteiger partial charge is 0.337 e. The number of nitrogens with one attached hydrogen (secondary N) is 1. The number of pyridine rings is 1. The smallest absolute Gasteiger partial charge is 0.247 e. The van der Waals surface area contributed by atoms with E-state index >= 15 is 0 Å². The van der Waals surface area contributed by atoms with Gasteiger partial charge in [-0.05, 0) is 18.7 Å². The van der Waals surface area contributed by atoms with Gasteiger partial charge in [0.15, 0.2) is 5.82 Å². The molecular weight excluding hydrogens is 314 g/mol. The van der Waals surface area contributed by atoms with Crippen molar-refractivity contribution >= 4 is 28.4 Å². The molecule has 7 heteroatoms. The number of hydrogen-bond acceptors (Lipinski definition) is 7. The molecule has 2 aromatic heterocycles. The Morgan fingerprint density at radius 1 is 1.08 bits per heavy atom. The molecule has 3 heterocycles. The van der Waals surface area contributed by atoms with Crippen LogP contribution in [0, 0.1) is 0 Å². The lowest BCUT2D eigenvalue weighted by molar-refractivity contribution is 0.269. The van der Waals surface area contributed by atoms with Gasteiger partial charge < -0.3 is 15.1 Å². The molecule has 0 aliphatic carbocycles. The maximum Gasteiger partial charge on any atom is 0.247 e. The van der Waals surface area contributed by atoms with Crippen molar-refractivity contribution in [2.45, 2.75) is 6.92 Å². The van der Waals surface area contributed by atoms with Crippen LogP contribution in [0.1, 0.15) is 6.92 Å². The molecule has 0 radical (unpaired) electrons. The Labute approximate surface area is 146 Å². The maximum atomic E-state index is 4.64. The Morgan fingerprint density at radius 3 is 2.76 bits per heavy atom. The second-order valence-electron chi connectivity index (χ2n) is 6.07. The summed E-state index contributed by atoms with van der Waals surface area (Å²) in [5.74, 6) is 1.36. The van der Waals surface area contributed by atoms with Gasteiger partial charge in [-0.15, -0.1) is 5.10 Å². The zero-order valence-corrected chi connectivity index (χ0v) is 14.3. The van der Waals surface area contributed by atoms with Crippen molar-refractivity contribution in [3.8, 4) is 0 Å². The van der Waals surface area contributed by atoms with Crippen molar-refractivity contribution in [1.29, 1.82) is 0 Å². The van der Waals surface area contributed by atoms with Crippen LogP contribution in [0.15, 0.2) is 42.7 Å². The SMILES string of the molecule is CCN1CCN(c2nncc(Nc3cccc4cccnc34)n2)CC1. The van der Waals surface area contributed by atoms with Crippen molar-refractivity contribution in [2.75, 3.05) is 42.9 Å². The molecule has 0 amide bonds. The second kappa shape index (κ2) is 6.98. The van der Waals surface area contributed by atoms with Crippen LogP contribution in [-0.4, -0.2) is 57.8 Å². The zero-order chi connectivity index (χ0) is 17.1. The first kappa shape index (κ1) is 15.7. The van der Waals surface area contributed by atoms with Crippen LogP contribution >= 0.6 is 0 Å². The van der Waals surface area contributed by atoms with Gasteiger partial charge in [0.05, 0.1) is 17.4 Å². The van der Waals surface area contributed by atoms with E-state index in [9.17, 15) is 0 Å². The van der Waals surface area contributed by atoms with Crippen LogP contribution in [0.5, 0.6) is 0 Å². The minimum Gasteiger partial charge on any atom is -0.337 e. The van der Waals surface area contributed by atoms with E-state index < -0.39 is 0 Å². The molecule has 3 aromatic rings. The van der Waals surface area contributed by atoms with Crippen molar-refractivity contribution in [2.24, 2.45) is 0 Å². The fraction of sp³-hybridized carbons (Fsp3) is 0.333. The van der Waals surface area contributed by atoms with Crippen molar-refractivity contribution in [3.05, 3.63) is 42.7 Å². The standard InChI is InChI=1S/C18H21N7/c1-2-24-9-11-25(12-10-24)18-22-16(13-20-23-18)21-15-7-3-5-14-6-4-8-19-17(14)15/h3-8,13H,2,9-12H2,1H3,(H,21,22,23). The number of benzene rings is 1. The summed E-state index contributed by atoms with van der Waals surface area (Å²) < 4.78 is 0. The molecular formula is C18H21N7. The van der Waals surface area contributed by atoms with E-state index in [1.165, 1.54) is 0 Å². The van der Waals surface area contributed by atoms with Gasteiger partial charge in [0.25, 0.3) is 0 Å². The fourth-order valence-corrected chi connectivity index (χ4v) is 3.10. The molecule has 7 nitrogen and oxygen atoms in total. The monoisotopic (exact) mass is 335 g/mol. The number of anilines is 3. The Hall–Kier alpha value is -2.80. The first-order valence-corrected chi connectivity index (χ1v) is 8.61. The lowest BCUT2D eigenvalue weighted by Gasteiger charge is -2.33. The van der Waals surface area contributed by atoms with E-state index in [1.54, 1.807) is 12.4 Å². The summed E-state index contributed by atoms with van der Waals surface area (Å²) in [5, 5.41) is 12.8. The summed E-state index contributed by atoms with van der Waals surface area (Å²) in [6, 6.07) is 10.0. The lowest BCUT2D eigenvalue weighted by atomic mass is 10.2. The molecule has 0 saturated carbocycles. The molecule has 1 fully saturated rings. The Bertz CT molecular complexity index is 853. The average Bonchev–Trinajstić information content (AvgIpc) is 2.69. The van der Waals surface area contributed by atoms with Gasteiger partial charge in [-0.3, -0.25) is 4.98 Å². The summed E-state index contributed by atoms with van der Waals surface area (Å²) in [4.78, 5) is 13.7. The van der Waals surface area contributed by atoms with Gasteiger partial charge in [-0.25, -0.2) is 0 Å². The summed E-state index contributed by atoms with van der Waals surface area (Å²) in [5.41, 5.74) is 1.84. The number of rotatable bonds is 4. The summed E-state index contributed by atoms with van der Waals surface area (Å²) >= 11 is 0.